The van der Waals surface area contributed by atoms with Gasteiger partial charge in [0.05, 0.1) is 22.8 Å². The van der Waals surface area contributed by atoms with Crippen LogP contribution < -0.4 is 11.5 Å². The predicted octanol–water partition coefficient (Wildman–Crippen LogP) is 6.95. The van der Waals surface area contributed by atoms with Crippen LogP contribution in [-0.2, 0) is 10.9 Å². The molecule has 0 saturated heterocycles. The number of nitrogens with two attached hydrogens (primary N) is 2. The molecule has 7 heteroatoms. The van der Waals surface area contributed by atoms with Crippen molar-refractivity contribution in [2.24, 2.45) is 9.98 Å². The van der Waals surface area contributed by atoms with Crippen molar-refractivity contribution in [3.8, 4) is 0 Å². The molecule has 31 heavy (non-hydrogen) atoms. The number of hydrogen-bond donors (Lipinski definition) is 2. The molecule has 4 aromatic rings. The minimum absolute atomic E-state index is 0.719. The maximum absolute atomic E-state index is 5.82. The molecule has 0 spiro atoms. The zero-order chi connectivity index (χ0) is 21.8. The average Bonchev–Trinajstić information content (AvgIpc) is 3.07. The molecule has 0 atom stereocenters. The van der Waals surface area contributed by atoms with Crippen LogP contribution in [0.1, 0.15) is 11.1 Å². The van der Waals surface area contributed by atoms with E-state index < -0.39 is 0 Å². The van der Waals surface area contributed by atoms with E-state index >= 15 is 0 Å². The third-order valence-corrected chi connectivity index (χ3v) is 4.91. The normalized spacial score (nSPS) is 14.8. The van der Waals surface area contributed by atoms with Gasteiger partial charge in [-0.05, 0) is 53.9 Å². The first-order valence-electron chi connectivity index (χ1n) is 9.34. The monoisotopic (exact) mass is 578 g/mol. The third-order valence-electron chi connectivity index (χ3n) is 4.91. The first-order valence-corrected chi connectivity index (χ1v) is 14.2. The minimum atomic E-state index is 0.719. The zero-order valence-electron chi connectivity index (χ0n) is 16.2. The van der Waals surface area contributed by atoms with Gasteiger partial charge in [-0.25, -0.2) is 9.98 Å². The molecule has 0 saturated carbocycles. The summed E-state index contributed by atoms with van der Waals surface area (Å²) < 4.78 is 0. The van der Waals surface area contributed by atoms with Crippen molar-refractivity contribution < 1.29 is 10.9 Å². The third kappa shape index (κ3) is 4.74. The molecule has 0 fully saturated rings. The van der Waals surface area contributed by atoms with E-state index in [-0.39, 0.29) is 0 Å². The summed E-state index contributed by atoms with van der Waals surface area (Å²) in [4.78, 5) is 9.88. The number of aliphatic imine (C=N–C) groups is 2. The van der Waals surface area contributed by atoms with E-state index in [0.717, 1.165) is 45.3 Å². The number of anilines is 2. The fourth-order valence-electron chi connectivity index (χ4n) is 3.57. The van der Waals surface area contributed by atoms with Crippen molar-refractivity contribution in [2.75, 3.05) is 11.5 Å². The molecule has 0 aromatic heterocycles. The molecule has 0 unspecified atom stereocenters. The van der Waals surface area contributed by atoms with Crippen molar-refractivity contribution >= 4 is 73.4 Å². The van der Waals surface area contributed by atoms with E-state index in [1.54, 1.807) is 0 Å². The fraction of sp³-hybridized carbons (Fsp3) is 0. The molecule has 5 rings (SSSR count). The van der Waals surface area contributed by atoms with Crippen LogP contribution in [0.25, 0.3) is 10.8 Å². The molecule has 0 amide bonds. The maximum atomic E-state index is 5.82. The Hall–Kier alpha value is -2.47. The zero-order valence-corrected chi connectivity index (χ0v) is 20.4. The number of halogens is 2. The van der Waals surface area contributed by atoms with Gasteiger partial charge in [-0.3, -0.25) is 0 Å². The summed E-state index contributed by atoms with van der Waals surface area (Å²) in [6, 6.07) is 27.7. The number of nitrogens with zero attached hydrogens (tertiary/aromatic N) is 2. The van der Waals surface area contributed by atoms with Crippen molar-refractivity contribution in [3.63, 3.8) is 0 Å². The summed E-state index contributed by atoms with van der Waals surface area (Å²) >= 11 is 6.00. The molecular weight excluding hydrogens is 563 g/mol. The molecule has 4 nitrogen and oxygen atoms in total. The van der Waals surface area contributed by atoms with E-state index in [0.29, 0.717) is 0 Å². The quantitative estimate of drug-likeness (QED) is 0.199. The Kier molecular flexibility index (Phi) is 6.86. The molecule has 0 aliphatic heterocycles. The fourth-order valence-corrected chi connectivity index (χ4v) is 3.57. The standard InChI is InChI=1S/C24H18N4.2BrH.Ni/c25-16-7-11-18(12-8-16)27-23-20-5-1-3-15-4-2-6-21(22(15)20)24(23)28-19-13-9-17(26)10-14-19;;;/h1-14H,25-26H2;2*1H;/q;;;+2/p-2. The Balaban J connectivity index is 0.000000730. The second kappa shape index (κ2) is 9.77. The van der Waals surface area contributed by atoms with Gasteiger partial charge in [-0.15, -0.1) is 0 Å². The van der Waals surface area contributed by atoms with Gasteiger partial charge in [0.1, 0.15) is 0 Å². The van der Waals surface area contributed by atoms with Crippen LogP contribution in [0.4, 0.5) is 22.7 Å². The van der Waals surface area contributed by atoms with Crippen molar-refractivity contribution in [2.45, 2.75) is 0 Å². The first-order chi connectivity index (χ1) is 15.1. The summed E-state index contributed by atoms with van der Waals surface area (Å²) in [7, 11) is 1.25. The van der Waals surface area contributed by atoms with E-state index in [2.05, 4.69) is 64.8 Å². The van der Waals surface area contributed by atoms with Crippen molar-refractivity contribution in [1.82, 2.24) is 0 Å². The van der Waals surface area contributed by atoms with Gasteiger partial charge in [0, 0.05) is 27.9 Å². The van der Waals surface area contributed by atoms with Crippen molar-refractivity contribution in [3.05, 3.63) is 96.1 Å². The van der Waals surface area contributed by atoms with Crippen LogP contribution in [0.15, 0.2) is 94.9 Å². The predicted molar refractivity (Wildman–Crippen MR) is 136 cm³/mol. The molecule has 1 aliphatic rings. The van der Waals surface area contributed by atoms with Crippen LogP contribution in [0.3, 0.4) is 0 Å². The number of hydrogen-bond acceptors (Lipinski definition) is 4. The number of rotatable bonds is 2. The summed E-state index contributed by atoms with van der Waals surface area (Å²) in [5.41, 5.74) is 18.7. The van der Waals surface area contributed by atoms with Gasteiger partial charge < -0.3 is 11.5 Å². The van der Waals surface area contributed by atoms with Gasteiger partial charge in [0.25, 0.3) is 0 Å². The average molecular weight is 581 g/mol. The van der Waals surface area contributed by atoms with E-state index in [1.807, 2.05) is 48.5 Å². The second-order valence-electron chi connectivity index (χ2n) is 6.86. The van der Waals surface area contributed by atoms with Crippen molar-refractivity contribution in [1.29, 1.82) is 0 Å². The first kappa shape index (κ1) is 21.8. The molecular formula is C24H18Br2N4Ni. The molecule has 0 radical (unpaired) electrons. The Labute approximate surface area is 200 Å². The van der Waals surface area contributed by atoms with Gasteiger partial charge in [0.2, 0.25) is 0 Å². The van der Waals surface area contributed by atoms with Gasteiger partial charge in [-0.2, -0.15) is 0 Å². The van der Waals surface area contributed by atoms with Gasteiger partial charge in [-0.1, -0.05) is 36.4 Å². The molecule has 4 N–H and O–H groups in total. The Morgan fingerprint density at radius 3 is 1.35 bits per heavy atom. The van der Waals surface area contributed by atoms with Gasteiger partial charge >= 0.3 is 39.3 Å². The topological polar surface area (TPSA) is 76.8 Å². The van der Waals surface area contributed by atoms with Crippen LogP contribution in [0, 0.1) is 0 Å². The molecule has 1 aliphatic carbocycles. The molecule has 4 aromatic carbocycles. The Morgan fingerprint density at radius 1 is 0.581 bits per heavy atom. The summed E-state index contributed by atoms with van der Waals surface area (Å²) in [6.07, 6.45) is 0. The number of benzene rings is 4. The van der Waals surface area contributed by atoms with E-state index in [1.165, 1.54) is 21.7 Å². The van der Waals surface area contributed by atoms with Crippen LogP contribution >= 0.6 is 28.5 Å². The molecule has 158 valence electrons. The molecule has 0 bridgehead atoms. The second-order valence-corrected chi connectivity index (χ2v) is 11.8. The van der Waals surface area contributed by atoms with Crippen LogP contribution in [0.2, 0.25) is 0 Å². The van der Waals surface area contributed by atoms with E-state index in [4.69, 9.17) is 21.5 Å². The van der Waals surface area contributed by atoms with Crippen LogP contribution in [0.5, 0.6) is 0 Å². The van der Waals surface area contributed by atoms with E-state index in [9.17, 15) is 0 Å². The van der Waals surface area contributed by atoms with Gasteiger partial charge in [0.15, 0.2) is 0 Å². The van der Waals surface area contributed by atoms with Crippen LogP contribution in [-0.4, -0.2) is 11.4 Å². The molecule has 0 heterocycles. The SMILES string of the molecule is Nc1ccc(N=C2C(=Nc3ccc(N)cc3)c3cccc4cccc2c34)cc1.[Br][Ni][Br]. The summed E-state index contributed by atoms with van der Waals surface area (Å²) in [6.45, 7) is 0. The summed E-state index contributed by atoms with van der Waals surface area (Å²) in [5, 5.41) is 2.37. The number of nitrogen functional groups attached to an aromatic ring is 2. The Bertz CT molecular complexity index is 1190. The Morgan fingerprint density at radius 2 is 0.968 bits per heavy atom. The summed E-state index contributed by atoms with van der Waals surface area (Å²) in [5.74, 6) is 0.